The molecule has 1 saturated heterocycles. The number of hydrogen-bond acceptors (Lipinski definition) is 3. The van der Waals surface area contributed by atoms with Gasteiger partial charge in [-0.15, -0.1) is 0 Å². The molecule has 1 aromatic heterocycles. The summed E-state index contributed by atoms with van der Waals surface area (Å²) in [5.74, 6) is 0. The smallest absolute Gasteiger partial charge is 0.272 e. The average Bonchev–Trinajstić information content (AvgIpc) is 3.52. The molecule has 1 aliphatic heterocycles. The number of benzene rings is 4. The van der Waals surface area contributed by atoms with E-state index < -0.39 is 0 Å². The first-order valence-corrected chi connectivity index (χ1v) is 16.3. The number of hydrogen-bond donors (Lipinski definition) is 1. The summed E-state index contributed by atoms with van der Waals surface area (Å²) < 4.78 is 0. The summed E-state index contributed by atoms with van der Waals surface area (Å²) in [6.45, 7) is 4.69. The van der Waals surface area contributed by atoms with Gasteiger partial charge in [0.25, 0.3) is 5.56 Å². The Morgan fingerprint density at radius 1 is 0.909 bits per heavy atom. The number of aromatic amines is 1. The first-order chi connectivity index (χ1) is 21.7. The van der Waals surface area contributed by atoms with Crippen molar-refractivity contribution in [2.45, 2.75) is 70.9 Å². The second-order valence-corrected chi connectivity index (χ2v) is 12.5. The minimum Gasteiger partial charge on any atom is -0.296 e. The van der Waals surface area contributed by atoms with E-state index in [1.165, 1.54) is 90.1 Å². The fraction of sp³-hybridized carbons (Fsp3) is 0.300. The van der Waals surface area contributed by atoms with Gasteiger partial charge >= 0.3 is 0 Å². The number of aryl methyl sites for hydroxylation is 1. The summed E-state index contributed by atoms with van der Waals surface area (Å²) in [6, 6.07) is 29.1. The molecule has 1 fully saturated rings. The van der Waals surface area contributed by atoms with Crippen LogP contribution in [0.2, 0.25) is 0 Å². The molecule has 4 heteroatoms. The van der Waals surface area contributed by atoms with Crippen LogP contribution >= 0.6 is 0 Å². The van der Waals surface area contributed by atoms with Crippen LogP contribution in [-0.2, 0) is 19.4 Å². The molecule has 44 heavy (non-hydrogen) atoms. The monoisotopic (exact) mass is 579 g/mol. The van der Waals surface area contributed by atoms with Crippen LogP contribution in [0.5, 0.6) is 0 Å². The van der Waals surface area contributed by atoms with Gasteiger partial charge in [-0.05, 0) is 108 Å². The number of rotatable bonds is 5. The fourth-order valence-electron chi connectivity index (χ4n) is 7.62. The van der Waals surface area contributed by atoms with Crippen molar-refractivity contribution < 1.29 is 0 Å². The molecule has 0 radical (unpaired) electrons. The molecule has 0 saturated carbocycles. The van der Waals surface area contributed by atoms with Crippen molar-refractivity contribution in [3.63, 3.8) is 0 Å². The maximum Gasteiger partial charge on any atom is 0.272 e. The van der Waals surface area contributed by atoms with E-state index in [2.05, 4.69) is 88.8 Å². The van der Waals surface area contributed by atoms with E-state index in [4.69, 9.17) is 0 Å². The third-order valence-electron chi connectivity index (χ3n) is 9.80. The van der Waals surface area contributed by atoms with Gasteiger partial charge in [0, 0.05) is 23.4 Å². The normalized spacial score (nSPS) is 17.8. The quantitative estimate of drug-likeness (QED) is 0.226. The first kappa shape index (κ1) is 28.5. The number of aromatic nitrogens is 2. The largest absolute Gasteiger partial charge is 0.296 e. The van der Waals surface area contributed by atoms with E-state index >= 15 is 0 Å². The van der Waals surface area contributed by atoms with Crippen LogP contribution in [0.1, 0.15) is 73.3 Å². The van der Waals surface area contributed by atoms with E-state index in [0.717, 1.165) is 24.4 Å². The molecule has 222 valence electrons. The lowest BCUT2D eigenvalue weighted by Crippen LogP contribution is -2.28. The number of fused-ring (bicyclic) bond motifs is 5. The van der Waals surface area contributed by atoms with Gasteiger partial charge in [0.1, 0.15) is 0 Å². The molecular weight excluding hydrogens is 538 g/mol. The predicted octanol–water partition coefficient (Wildman–Crippen LogP) is 8.78. The molecular formula is C40H41N3O. The predicted molar refractivity (Wildman–Crippen MR) is 183 cm³/mol. The van der Waals surface area contributed by atoms with Crippen LogP contribution in [-0.4, -0.2) is 27.7 Å². The number of nitrogens with zero attached hydrogens (tertiary/aromatic N) is 2. The summed E-state index contributed by atoms with van der Waals surface area (Å²) in [6.07, 6.45) is 16.2. The molecule has 5 aromatic rings. The molecule has 0 spiro atoms. The van der Waals surface area contributed by atoms with Crippen molar-refractivity contribution in [3.8, 4) is 0 Å². The molecule has 3 aliphatic rings. The number of allylic oxidation sites excluding steroid dienone is 4. The topological polar surface area (TPSA) is 49.0 Å². The molecule has 2 aliphatic carbocycles. The first-order valence-electron chi connectivity index (χ1n) is 16.3. The van der Waals surface area contributed by atoms with Crippen molar-refractivity contribution in [1.82, 2.24) is 15.1 Å². The Morgan fingerprint density at radius 3 is 2.68 bits per heavy atom. The lowest BCUT2D eigenvalue weighted by molar-refractivity contribution is 0.240. The fourth-order valence-corrected chi connectivity index (χ4v) is 7.62. The zero-order valence-corrected chi connectivity index (χ0v) is 25.7. The number of likely N-dealkylation sites (tertiary alicyclic amines) is 1. The Bertz CT molecular complexity index is 1930. The Hall–Kier alpha value is -4.28. The van der Waals surface area contributed by atoms with Crippen molar-refractivity contribution in [2.75, 3.05) is 6.54 Å². The third-order valence-corrected chi connectivity index (χ3v) is 9.80. The van der Waals surface area contributed by atoms with Crippen LogP contribution in [0.15, 0.2) is 108 Å². The summed E-state index contributed by atoms with van der Waals surface area (Å²) >= 11 is 0. The molecule has 8 rings (SSSR count). The Labute approximate surface area is 260 Å². The van der Waals surface area contributed by atoms with E-state index in [-0.39, 0.29) is 5.56 Å². The Kier molecular flexibility index (Phi) is 8.26. The molecule has 1 unspecified atom stereocenters. The number of nitrogens with one attached hydrogen (secondary N) is 1. The lowest BCUT2D eigenvalue weighted by atomic mass is 9.78. The lowest BCUT2D eigenvalue weighted by Gasteiger charge is -2.26. The van der Waals surface area contributed by atoms with Gasteiger partial charge in [0.15, 0.2) is 0 Å². The second kappa shape index (κ2) is 12.8. The highest BCUT2D eigenvalue weighted by Gasteiger charge is 2.23. The van der Waals surface area contributed by atoms with Gasteiger partial charge < -0.3 is 0 Å². The average molecular weight is 580 g/mol. The summed E-state index contributed by atoms with van der Waals surface area (Å²) in [4.78, 5) is 13.8. The highest BCUT2D eigenvalue weighted by Crippen LogP contribution is 2.41. The van der Waals surface area contributed by atoms with E-state index in [0.29, 0.717) is 5.39 Å². The molecule has 1 atom stereocenters. The van der Waals surface area contributed by atoms with Crippen molar-refractivity contribution in [1.29, 1.82) is 0 Å². The van der Waals surface area contributed by atoms with Gasteiger partial charge in [0.2, 0.25) is 0 Å². The molecule has 2 heterocycles. The Balaban J connectivity index is 0.000000239. The van der Waals surface area contributed by atoms with Crippen molar-refractivity contribution in [2.24, 2.45) is 0 Å². The molecule has 0 bridgehead atoms. The molecule has 0 amide bonds. The summed E-state index contributed by atoms with van der Waals surface area (Å²) in [7, 11) is 0. The standard InChI is InChI=1S/C32H35N.C8H6N2O/c1-2-28-13-7-19-33(28)22-24-9-5-8-23(20-24)21-27-12-6-11-26-16-17-30-29-14-4-3-10-25(29)15-18-31(30)32(26)27;11-8-7-4-2-1-3-6(7)5-9-10-8/h4-6,8-9,11-12,14,16-17,20,28H,2-3,7,10,13,15,18-19,21-22H2,1H3;1-5H,(H,10,11). The summed E-state index contributed by atoms with van der Waals surface area (Å²) in [5, 5.41) is 10.5. The third kappa shape index (κ3) is 5.79. The molecule has 1 N–H and O–H groups in total. The van der Waals surface area contributed by atoms with E-state index in [9.17, 15) is 4.79 Å². The summed E-state index contributed by atoms with van der Waals surface area (Å²) in [5.41, 5.74) is 10.5. The maximum atomic E-state index is 11.1. The van der Waals surface area contributed by atoms with Gasteiger partial charge in [0.05, 0.1) is 6.20 Å². The zero-order valence-electron chi connectivity index (χ0n) is 25.7. The van der Waals surface area contributed by atoms with Crippen LogP contribution < -0.4 is 5.56 Å². The van der Waals surface area contributed by atoms with Crippen LogP contribution in [0.25, 0.3) is 27.1 Å². The van der Waals surface area contributed by atoms with Crippen LogP contribution in [0, 0.1) is 0 Å². The van der Waals surface area contributed by atoms with Crippen LogP contribution in [0.3, 0.4) is 0 Å². The highest BCUT2D eigenvalue weighted by atomic mass is 16.1. The maximum absolute atomic E-state index is 11.1. The minimum atomic E-state index is -0.136. The number of H-pyrrole nitrogens is 1. The zero-order chi connectivity index (χ0) is 29.9. The van der Waals surface area contributed by atoms with E-state index in [1.807, 2.05) is 18.2 Å². The van der Waals surface area contributed by atoms with Gasteiger partial charge in [-0.1, -0.05) is 97.4 Å². The Morgan fingerprint density at radius 2 is 1.77 bits per heavy atom. The van der Waals surface area contributed by atoms with Crippen molar-refractivity contribution >= 4 is 27.1 Å². The SMILES string of the molecule is CCC1CCCN1Cc1cccc(Cc2cccc3ccc4c(c23)CCC2=C4C=CCC2)c1.O=c1[nH]ncc2ccccc12. The van der Waals surface area contributed by atoms with Gasteiger partial charge in [-0.2, -0.15) is 5.10 Å². The minimum absolute atomic E-state index is 0.136. The molecule has 4 aromatic carbocycles. The highest BCUT2D eigenvalue weighted by molar-refractivity contribution is 5.96. The van der Waals surface area contributed by atoms with Crippen LogP contribution in [0.4, 0.5) is 0 Å². The van der Waals surface area contributed by atoms with Gasteiger partial charge in [-0.25, -0.2) is 5.10 Å². The van der Waals surface area contributed by atoms with Crippen molar-refractivity contribution in [3.05, 3.63) is 141 Å². The molecule has 4 nitrogen and oxygen atoms in total. The second-order valence-electron chi connectivity index (χ2n) is 12.5. The van der Waals surface area contributed by atoms with Gasteiger partial charge in [-0.3, -0.25) is 9.69 Å². The van der Waals surface area contributed by atoms with E-state index in [1.54, 1.807) is 23.4 Å².